The van der Waals surface area contributed by atoms with Crippen LogP contribution in [0.4, 0.5) is 15.8 Å². The lowest BCUT2D eigenvalue weighted by molar-refractivity contribution is -0.121. The van der Waals surface area contributed by atoms with Crippen LogP contribution in [-0.2, 0) is 11.3 Å². The highest BCUT2D eigenvalue weighted by Gasteiger charge is 2.26. The average Bonchev–Trinajstić information content (AvgIpc) is 2.72. The zero-order valence-corrected chi connectivity index (χ0v) is 14.8. The van der Waals surface area contributed by atoms with Gasteiger partial charge >= 0.3 is 0 Å². The van der Waals surface area contributed by atoms with Crippen LogP contribution in [-0.4, -0.2) is 23.4 Å². The molecule has 0 spiro atoms. The number of fused-ring (bicyclic) bond motifs is 1. The first-order valence-corrected chi connectivity index (χ1v) is 8.64. The van der Waals surface area contributed by atoms with Gasteiger partial charge in [-0.25, -0.2) is 4.39 Å². The van der Waals surface area contributed by atoms with Gasteiger partial charge in [-0.2, -0.15) is 0 Å². The van der Waals surface area contributed by atoms with Gasteiger partial charge < -0.3 is 15.0 Å². The number of benzene rings is 2. The topological polar surface area (TPSA) is 71.5 Å². The fraction of sp³-hybridized carbons (Fsp3) is 0.0952. The molecule has 1 N–H and O–H groups in total. The number of aromatic nitrogens is 1. The molecule has 0 atom stereocenters. The SMILES string of the molecule is O=C(Nc1ccc2c(c1)OCC(=O)N2Cc1ccccc1F)c1ccncc1. The quantitative estimate of drug-likeness (QED) is 0.757. The van der Waals surface area contributed by atoms with Gasteiger partial charge in [-0.3, -0.25) is 14.6 Å². The Morgan fingerprint density at radius 1 is 1.14 bits per heavy atom. The van der Waals surface area contributed by atoms with E-state index in [4.69, 9.17) is 4.74 Å². The number of nitrogens with one attached hydrogen (secondary N) is 1. The van der Waals surface area contributed by atoms with E-state index in [1.54, 1.807) is 48.5 Å². The van der Waals surface area contributed by atoms with Gasteiger partial charge in [0.2, 0.25) is 0 Å². The number of rotatable bonds is 4. The van der Waals surface area contributed by atoms with Gasteiger partial charge in [-0.1, -0.05) is 18.2 Å². The van der Waals surface area contributed by atoms with Crippen molar-refractivity contribution in [2.24, 2.45) is 0 Å². The highest BCUT2D eigenvalue weighted by Crippen LogP contribution is 2.35. The molecule has 3 aromatic rings. The summed E-state index contributed by atoms with van der Waals surface area (Å²) in [7, 11) is 0. The van der Waals surface area contributed by atoms with E-state index in [1.807, 2.05) is 0 Å². The maximum absolute atomic E-state index is 14.0. The summed E-state index contributed by atoms with van der Waals surface area (Å²) < 4.78 is 19.5. The lowest BCUT2D eigenvalue weighted by Crippen LogP contribution is -2.38. The molecule has 1 aromatic heterocycles. The van der Waals surface area contributed by atoms with Crippen LogP contribution in [0.5, 0.6) is 5.75 Å². The maximum Gasteiger partial charge on any atom is 0.265 e. The first-order valence-electron chi connectivity index (χ1n) is 8.64. The summed E-state index contributed by atoms with van der Waals surface area (Å²) in [5.74, 6) is -0.463. The number of halogens is 1. The van der Waals surface area contributed by atoms with Crippen molar-refractivity contribution in [2.45, 2.75) is 6.54 Å². The second-order valence-corrected chi connectivity index (χ2v) is 6.23. The van der Waals surface area contributed by atoms with E-state index in [0.717, 1.165) is 0 Å². The fourth-order valence-corrected chi connectivity index (χ4v) is 2.96. The third kappa shape index (κ3) is 3.55. The van der Waals surface area contributed by atoms with E-state index in [9.17, 15) is 14.0 Å². The number of carbonyl (C=O) groups excluding carboxylic acids is 2. The number of nitrogens with zero attached hydrogens (tertiary/aromatic N) is 2. The van der Waals surface area contributed by atoms with Crippen LogP contribution in [0.3, 0.4) is 0 Å². The molecule has 0 saturated heterocycles. The zero-order chi connectivity index (χ0) is 19.5. The number of hydrogen-bond acceptors (Lipinski definition) is 4. The normalized spacial score (nSPS) is 12.9. The van der Waals surface area contributed by atoms with E-state index >= 15 is 0 Å². The summed E-state index contributed by atoms with van der Waals surface area (Å²) in [5, 5.41) is 2.78. The molecule has 0 unspecified atom stereocenters. The van der Waals surface area contributed by atoms with E-state index in [0.29, 0.717) is 28.3 Å². The molecule has 0 saturated carbocycles. The Bertz CT molecular complexity index is 1040. The Balaban J connectivity index is 1.58. The van der Waals surface area contributed by atoms with E-state index in [-0.39, 0.29) is 30.8 Å². The molecule has 6 nitrogen and oxygen atoms in total. The van der Waals surface area contributed by atoms with Gasteiger partial charge in [0.1, 0.15) is 11.6 Å². The molecule has 0 radical (unpaired) electrons. The Morgan fingerprint density at radius 3 is 2.71 bits per heavy atom. The Kier molecular flexibility index (Phi) is 4.72. The molecule has 1 aliphatic rings. The van der Waals surface area contributed by atoms with Crippen molar-refractivity contribution >= 4 is 23.2 Å². The predicted molar refractivity (Wildman–Crippen MR) is 102 cm³/mol. The molecule has 0 fully saturated rings. The largest absolute Gasteiger partial charge is 0.481 e. The van der Waals surface area contributed by atoms with E-state index < -0.39 is 0 Å². The number of pyridine rings is 1. The highest BCUT2D eigenvalue weighted by molar-refractivity contribution is 6.05. The molecule has 2 amide bonds. The first-order chi connectivity index (χ1) is 13.6. The molecule has 28 heavy (non-hydrogen) atoms. The van der Waals surface area contributed by atoms with Crippen molar-refractivity contribution in [1.82, 2.24) is 4.98 Å². The lowest BCUT2D eigenvalue weighted by Gasteiger charge is -2.30. The van der Waals surface area contributed by atoms with Gasteiger partial charge in [0.05, 0.1) is 12.2 Å². The summed E-state index contributed by atoms with van der Waals surface area (Å²) in [6, 6.07) is 14.5. The molecule has 0 bridgehead atoms. The molecule has 1 aliphatic heterocycles. The number of hydrogen-bond donors (Lipinski definition) is 1. The van der Waals surface area contributed by atoms with Gasteiger partial charge in [0, 0.05) is 35.3 Å². The molecular formula is C21H16FN3O3. The third-order valence-electron chi connectivity index (χ3n) is 4.39. The van der Waals surface area contributed by atoms with Gasteiger partial charge in [-0.05, 0) is 30.3 Å². The second-order valence-electron chi connectivity index (χ2n) is 6.23. The molecule has 2 heterocycles. The second kappa shape index (κ2) is 7.48. The van der Waals surface area contributed by atoms with Crippen molar-refractivity contribution in [2.75, 3.05) is 16.8 Å². The summed E-state index contributed by atoms with van der Waals surface area (Å²) in [4.78, 5) is 30.0. The van der Waals surface area contributed by atoms with Crippen molar-refractivity contribution in [3.8, 4) is 5.75 Å². The third-order valence-corrected chi connectivity index (χ3v) is 4.39. The maximum atomic E-state index is 14.0. The molecule has 4 rings (SSSR count). The Hall–Kier alpha value is -3.74. The van der Waals surface area contributed by atoms with Crippen molar-refractivity contribution in [3.05, 3.63) is 83.9 Å². The summed E-state index contributed by atoms with van der Waals surface area (Å²) in [6.45, 7) is -0.0478. The van der Waals surface area contributed by atoms with Crippen LogP contribution in [0.1, 0.15) is 15.9 Å². The standard InChI is InChI=1S/C21H16FN3O3/c22-17-4-2-1-3-15(17)12-25-18-6-5-16(11-19(18)28-13-20(25)26)24-21(27)14-7-9-23-10-8-14/h1-11H,12-13H2,(H,24,27). The van der Waals surface area contributed by atoms with Crippen LogP contribution in [0.15, 0.2) is 67.0 Å². The Morgan fingerprint density at radius 2 is 1.93 bits per heavy atom. The van der Waals surface area contributed by atoms with Crippen LogP contribution in [0, 0.1) is 5.82 Å². The lowest BCUT2D eigenvalue weighted by atomic mass is 10.1. The molecule has 7 heteroatoms. The summed E-state index contributed by atoms with van der Waals surface area (Å²) in [5.41, 5.74) is 1.95. The van der Waals surface area contributed by atoms with Gasteiger partial charge in [0.15, 0.2) is 6.61 Å². The summed E-state index contributed by atoms with van der Waals surface area (Å²) >= 11 is 0. The number of ether oxygens (including phenoxy) is 1. The molecule has 0 aliphatic carbocycles. The Labute approximate surface area is 160 Å². The van der Waals surface area contributed by atoms with E-state index in [2.05, 4.69) is 10.3 Å². The molecule has 140 valence electrons. The number of amides is 2. The van der Waals surface area contributed by atoms with Crippen molar-refractivity contribution in [1.29, 1.82) is 0 Å². The van der Waals surface area contributed by atoms with Crippen LogP contribution < -0.4 is 15.0 Å². The summed E-state index contributed by atoms with van der Waals surface area (Å²) in [6.07, 6.45) is 3.08. The molecule has 2 aromatic carbocycles. The minimum atomic E-state index is -0.371. The minimum Gasteiger partial charge on any atom is -0.481 e. The monoisotopic (exact) mass is 377 g/mol. The van der Waals surface area contributed by atoms with Crippen molar-refractivity contribution in [3.63, 3.8) is 0 Å². The fourth-order valence-electron chi connectivity index (χ4n) is 2.96. The van der Waals surface area contributed by atoms with Crippen LogP contribution in [0.2, 0.25) is 0 Å². The predicted octanol–water partition coefficient (Wildman–Crippen LogP) is 3.40. The van der Waals surface area contributed by atoms with Crippen LogP contribution in [0.25, 0.3) is 0 Å². The smallest absolute Gasteiger partial charge is 0.265 e. The van der Waals surface area contributed by atoms with E-state index in [1.165, 1.54) is 23.4 Å². The number of anilines is 2. The first kappa shape index (κ1) is 17.7. The average molecular weight is 377 g/mol. The molecular weight excluding hydrogens is 361 g/mol. The van der Waals surface area contributed by atoms with Gasteiger partial charge in [0.25, 0.3) is 11.8 Å². The minimum absolute atomic E-state index is 0.102. The highest BCUT2D eigenvalue weighted by atomic mass is 19.1. The van der Waals surface area contributed by atoms with Gasteiger partial charge in [-0.15, -0.1) is 0 Å². The van der Waals surface area contributed by atoms with Crippen molar-refractivity contribution < 1.29 is 18.7 Å². The zero-order valence-electron chi connectivity index (χ0n) is 14.8. The van der Waals surface area contributed by atoms with Crippen LogP contribution >= 0.6 is 0 Å². The number of carbonyl (C=O) groups is 2.